The third kappa shape index (κ3) is 5.74. The molecule has 8 nitrogen and oxygen atoms in total. The van der Waals surface area contributed by atoms with Crippen molar-refractivity contribution in [1.82, 2.24) is 25.3 Å². The highest BCUT2D eigenvalue weighted by Gasteiger charge is 2.12. The summed E-state index contributed by atoms with van der Waals surface area (Å²) in [6.45, 7) is 3.94. The van der Waals surface area contributed by atoms with Gasteiger partial charge in [0.15, 0.2) is 11.6 Å². The van der Waals surface area contributed by atoms with Crippen LogP contribution in [0.1, 0.15) is 29.3 Å². The monoisotopic (exact) mass is 468 g/mol. The fraction of sp³-hybridized carbons (Fsp3) is 0.227. The molecular formula is C22H21ClN6O2S. The van der Waals surface area contributed by atoms with Gasteiger partial charge in [-0.05, 0) is 37.6 Å². The second-order valence-electron chi connectivity index (χ2n) is 7.24. The first kappa shape index (κ1) is 22.0. The molecule has 2 aromatic heterocycles. The van der Waals surface area contributed by atoms with Gasteiger partial charge in [0.2, 0.25) is 17.0 Å². The normalized spacial score (nSPS) is 11.0. The lowest BCUT2D eigenvalue weighted by molar-refractivity contribution is -0.116. The molecule has 0 aliphatic heterocycles. The average Bonchev–Trinajstić information content (AvgIpc) is 3.43. The maximum Gasteiger partial charge on any atom is 0.227 e. The van der Waals surface area contributed by atoms with Crippen molar-refractivity contribution in [1.29, 1.82) is 0 Å². The summed E-state index contributed by atoms with van der Waals surface area (Å²) in [5.41, 5.74) is 3.75. The summed E-state index contributed by atoms with van der Waals surface area (Å²) in [6.07, 6.45) is 0.572. The van der Waals surface area contributed by atoms with Crippen LogP contribution in [0.25, 0.3) is 11.4 Å². The smallest absolute Gasteiger partial charge is 0.227 e. The van der Waals surface area contributed by atoms with Crippen molar-refractivity contribution in [3.05, 3.63) is 70.3 Å². The van der Waals surface area contributed by atoms with Gasteiger partial charge in [-0.2, -0.15) is 4.98 Å². The van der Waals surface area contributed by atoms with Gasteiger partial charge in [0.1, 0.15) is 0 Å². The number of hydrogen-bond donors (Lipinski definition) is 2. The van der Waals surface area contributed by atoms with Gasteiger partial charge in [-0.1, -0.05) is 58.3 Å². The standard InChI is InChI=1S/C22H21ClN6O2S/c1-13-4-3-5-15(10-13)21-26-22(28-27-21)32-12-18-25-20(31-29-18)9-8-19(30)24-16-7-6-14(2)17(23)11-16/h3-7,10-11H,8-9,12H2,1-2H3,(H,24,30)(H,26,27,28). The number of nitrogens with one attached hydrogen (secondary N) is 2. The summed E-state index contributed by atoms with van der Waals surface area (Å²) < 4.78 is 5.25. The van der Waals surface area contributed by atoms with Gasteiger partial charge in [0, 0.05) is 29.1 Å². The van der Waals surface area contributed by atoms with Crippen molar-refractivity contribution in [3.63, 3.8) is 0 Å². The lowest BCUT2D eigenvalue weighted by Crippen LogP contribution is -2.12. The molecule has 10 heteroatoms. The average molecular weight is 469 g/mol. The molecule has 2 heterocycles. The maximum atomic E-state index is 12.2. The third-order valence-electron chi connectivity index (χ3n) is 4.62. The van der Waals surface area contributed by atoms with E-state index in [1.807, 2.05) is 50.2 Å². The van der Waals surface area contributed by atoms with E-state index in [1.54, 1.807) is 6.07 Å². The second-order valence-corrected chi connectivity index (χ2v) is 8.59. The molecule has 1 amide bonds. The molecule has 0 unspecified atom stereocenters. The third-order valence-corrected chi connectivity index (χ3v) is 5.87. The van der Waals surface area contributed by atoms with Crippen molar-refractivity contribution < 1.29 is 9.32 Å². The van der Waals surface area contributed by atoms with Crippen molar-refractivity contribution in [2.75, 3.05) is 5.32 Å². The Morgan fingerprint density at radius 1 is 1.19 bits per heavy atom. The van der Waals surface area contributed by atoms with Gasteiger partial charge in [0.05, 0.1) is 5.75 Å². The van der Waals surface area contributed by atoms with E-state index in [9.17, 15) is 4.79 Å². The lowest BCUT2D eigenvalue weighted by Gasteiger charge is -2.06. The number of carbonyl (C=O) groups is 1. The number of thioether (sulfide) groups is 1. The van der Waals surface area contributed by atoms with Gasteiger partial charge in [-0.25, -0.2) is 4.98 Å². The van der Waals surface area contributed by atoms with Gasteiger partial charge in [-0.15, -0.1) is 5.10 Å². The summed E-state index contributed by atoms with van der Waals surface area (Å²) in [7, 11) is 0. The molecule has 164 valence electrons. The van der Waals surface area contributed by atoms with E-state index in [1.165, 1.54) is 11.8 Å². The Bertz CT molecular complexity index is 1240. The quantitative estimate of drug-likeness (QED) is 0.350. The molecule has 4 aromatic rings. The zero-order valence-corrected chi connectivity index (χ0v) is 19.1. The summed E-state index contributed by atoms with van der Waals surface area (Å²) >= 11 is 7.49. The Hall–Kier alpha value is -3.17. The fourth-order valence-corrected chi connectivity index (χ4v) is 3.75. The highest BCUT2D eigenvalue weighted by atomic mass is 35.5. The van der Waals surface area contributed by atoms with E-state index in [4.69, 9.17) is 16.1 Å². The first-order chi connectivity index (χ1) is 15.5. The van der Waals surface area contributed by atoms with Crippen LogP contribution in [-0.2, 0) is 17.0 Å². The van der Waals surface area contributed by atoms with Crippen LogP contribution in [0.3, 0.4) is 0 Å². The van der Waals surface area contributed by atoms with E-state index in [0.29, 0.717) is 45.6 Å². The molecular weight excluding hydrogens is 448 g/mol. The molecule has 0 spiro atoms. The molecule has 2 N–H and O–H groups in total. The molecule has 2 aromatic carbocycles. The number of amides is 1. The number of hydrogen-bond acceptors (Lipinski definition) is 7. The predicted molar refractivity (Wildman–Crippen MR) is 124 cm³/mol. The second kappa shape index (κ2) is 9.97. The van der Waals surface area contributed by atoms with E-state index < -0.39 is 0 Å². The summed E-state index contributed by atoms with van der Waals surface area (Å²) in [4.78, 5) is 21.0. The maximum absolute atomic E-state index is 12.2. The van der Waals surface area contributed by atoms with Gasteiger partial charge in [-0.3, -0.25) is 9.89 Å². The minimum atomic E-state index is -0.150. The first-order valence-electron chi connectivity index (χ1n) is 9.96. The van der Waals surface area contributed by atoms with Crippen LogP contribution in [0, 0.1) is 13.8 Å². The molecule has 0 aliphatic carbocycles. The highest BCUT2D eigenvalue weighted by Crippen LogP contribution is 2.23. The van der Waals surface area contributed by atoms with Gasteiger partial charge < -0.3 is 9.84 Å². The number of nitrogens with zero attached hydrogens (tertiary/aromatic N) is 4. The van der Waals surface area contributed by atoms with Crippen molar-refractivity contribution in [2.24, 2.45) is 0 Å². The van der Waals surface area contributed by atoms with Crippen LogP contribution in [0.2, 0.25) is 5.02 Å². The van der Waals surface area contributed by atoms with Crippen LogP contribution in [-0.4, -0.2) is 31.2 Å². The minimum Gasteiger partial charge on any atom is -0.339 e. The Morgan fingerprint density at radius 3 is 2.88 bits per heavy atom. The van der Waals surface area contributed by atoms with Crippen LogP contribution < -0.4 is 5.32 Å². The van der Waals surface area contributed by atoms with E-state index in [-0.39, 0.29) is 12.3 Å². The number of aryl methyl sites for hydroxylation is 3. The van der Waals surface area contributed by atoms with E-state index >= 15 is 0 Å². The zero-order chi connectivity index (χ0) is 22.5. The summed E-state index contributed by atoms with van der Waals surface area (Å²) in [6, 6.07) is 13.4. The fourth-order valence-electron chi connectivity index (χ4n) is 2.93. The number of aromatic amines is 1. The molecule has 0 saturated carbocycles. The molecule has 0 aliphatic rings. The number of halogens is 1. The largest absolute Gasteiger partial charge is 0.339 e. The van der Waals surface area contributed by atoms with Crippen molar-refractivity contribution in [3.8, 4) is 11.4 Å². The highest BCUT2D eigenvalue weighted by molar-refractivity contribution is 7.98. The molecule has 0 fully saturated rings. The van der Waals surface area contributed by atoms with Crippen molar-refractivity contribution >= 4 is 35.0 Å². The van der Waals surface area contributed by atoms with E-state index in [2.05, 4.69) is 30.6 Å². The Balaban J connectivity index is 1.26. The summed E-state index contributed by atoms with van der Waals surface area (Å²) in [5, 5.41) is 15.2. The number of anilines is 1. The zero-order valence-electron chi connectivity index (χ0n) is 17.6. The molecule has 0 saturated heterocycles. The summed E-state index contributed by atoms with van der Waals surface area (Å²) in [5.74, 6) is 1.96. The SMILES string of the molecule is Cc1cccc(-c2nc(SCc3noc(CCC(=O)Nc4ccc(C)c(Cl)c4)n3)n[nH]2)c1. The number of rotatable bonds is 8. The van der Waals surface area contributed by atoms with Crippen molar-refractivity contribution in [2.45, 2.75) is 37.6 Å². The molecule has 0 bridgehead atoms. The number of H-pyrrole nitrogens is 1. The van der Waals surface area contributed by atoms with E-state index in [0.717, 1.165) is 16.7 Å². The van der Waals surface area contributed by atoms with Crippen LogP contribution in [0.5, 0.6) is 0 Å². The number of benzene rings is 2. The number of aromatic nitrogens is 5. The Kier molecular flexibility index (Phi) is 6.87. The molecule has 0 atom stereocenters. The Morgan fingerprint density at radius 2 is 2.06 bits per heavy atom. The first-order valence-corrected chi connectivity index (χ1v) is 11.3. The lowest BCUT2D eigenvalue weighted by atomic mass is 10.1. The van der Waals surface area contributed by atoms with Crippen LogP contribution >= 0.6 is 23.4 Å². The van der Waals surface area contributed by atoms with Crippen LogP contribution in [0.15, 0.2) is 52.1 Å². The van der Waals surface area contributed by atoms with Gasteiger partial charge >= 0.3 is 0 Å². The molecule has 0 radical (unpaired) electrons. The predicted octanol–water partition coefficient (Wildman–Crippen LogP) is 4.99. The minimum absolute atomic E-state index is 0.150. The van der Waals surface area contributed by atoms with Crippen LogP contribution in [0.4, 0.5) is 5.69 Å². The number of carbonyl (C=O) groups excluding carboxylic acids is 1. The van der Waals surface area contributed by atoms with Gasteiger partial charge in [0.25, 0.3) is 0 Å². The molecule has 32 heavy (non-hydrogen) atoms. The Labute approximate surface area is 194 Å². The topological polar surface area (TPSA) is 110 Å². The molecule has 4 rings (SSSR count).